The number of carbonyl (C=O) groups excluding carboxylic acids is 2. The molecule has 5 unspecified atom stereocenters. The quantitative estimate of drug-likeness (QED) is 0.323. The van der Waals surface area contributed by atoms with Crippen molar-refractivity contribution in [3.63, 3.8) is 0 Å². The number of rotatable bonds is 9. The summed E-state index contributed by atoms with van der Waals surface area (Å²) in [5, 5.41) is 6.89. The third-order valence-electron chi connectivity index (χ3n) is 7.66. The van der Waals surface area contributed by atoms with Crippen LogP contribution >= 0.6 is 0 Å². The summed E-state index contributed by atoms with van der Waals surface area (Å²) >= 11 is 0. The first-order valence-electron chi connectivity index (χ1n) is 13.6. The molecular formula is C29H45F2NO8. The van der Waals surface area contributed by atoms with E-state index in [1.54, 1.807) is 19.1 Å². The van der Waals surface area contributed by atoms with Crippen LogP contribution in [0.2, 0.25) is 0 Å². The van der Waals surface area contributed by atoms with Gasteiger partial charge in [0.05, 0.1) is 12.7 Å². The number of hydrogen-bond acceptors (Lipinski definition) is 8. The van der Waals surface area contributed by atoms with Gasteiger partial charge in [-0.1, -0.05) is 39.3 Å². The Labute approximate surface area is 235 Å². The minimum atomic E-state index is -0.712. The monoisotopic (exact) mass is 573 g/mol. The summed E-state index contributed by atoms with van der Waals surface area (Å²) in [7, 11) is 1.47. The van der Waals surface area contributed by atoms with E-state index in [0.717, 1.165) is 12.0 Å². The highest BCUT2D eigenvalue weighted by Crippen LogP contribution is 2.54. The molecule has 3 aliphatic carbocycles. The van der Waals surface area contributed by atoms with Crippen molar-refractivity contribution in [2.24, 2.45) is 35.3 Å². The average molecular weight is 574 g/mol. The van der Waals surface area contributed by atoms with Crippen LogP contribution in [0.1, 0.15) is 58.9 Å². The fourth-order valence-corrected chi connectivity index (χ4v) is 5.25. The van der Waals surface area contributed by atoms with E-state index in [0.29, 0.717) is 43.7 Å². The molecule has 0 aromatic heterocycles. The fraction of sp³-hybridized carbons (Fsp3) is 0.690. The number of ether oxygens (including phenoxy) is 4. The lowest BCUT2D eigenvalue weighted by Gasteiger charge is -2.35. The van der Waals surface area contributed by atoms with Crippen LogP contribution in [0.25, 0.3) is 0 Å². The Morgan fingerprint density at radius 3 is 2.12 bits per heavy atom. The number of hydrogen-bond donors (Lipinski definition) is 2. The third-order valence-corrected chi connectivity index (χ3v) is 7.66. The fourth-order valence-electron chi connectivity index (χ4n) is 5.25. The summed E-state index contributed by atoms with van der Waals surface area (Å²) in [5.74, 6) is 1.77. The normalized spacial score (nSPS) is 30.4. The molecule has 9 nitrogen and oxygen atoms in total. The standard InChI is InChI=1S/C13H15F2NO.C11H20O2.C4H8O3.CH2O2/c14-8-3-1-7(2-4-8)6-17-10-5-9-11(12(9)15)13(10)16;1-8(2)10-5-4-9(3)6-11(10)13-7-12;1-4(6-2)7-3-5;2-1-3/h1-4,9-13H,5-6,16H2;7-11H,4-6H2,1-3H3;3-4H,1-2H3;1H,(H,2,3)/t9-,10-,11+,12?,13?;9?,10-,11?;;/m11../s1. The summed E-state index contributed by atoms with van der Waals surface area (Å²) < 4.78 is 45.4. The molecule has 0 aliphatic heterocycles. The van der Waals surface area contributed by atoms with Crippen LogP contribution in [0.4, 0.5) is 8.78 Å². The van der Waals surface area contributed by atoms with E-state index < -0.39 is 12.5 Å². The van der Waals surface area contributed by atoms with Gasteiger partial charge >= 0.3 is 0 Å². The molecule has 3 fully saturated rings. The van der Waals surface area contributed by atoms with Crippen molar-refractivity contribution in [2.75, 3.05) is 7.11 Å². The van der Waals surface area contributed by atoms with Gasteiger partial charge in [0.15, 0.2) is 6.29 Å². The van der Waals surface area contributed by atoms with Gasteiger partial charge in [-0.2, -0.15) is 0 Å². The Morgan fingerprint density at radius 2 is 1.68 bits per heavy atom. The highest BCUT2D eigenvalue weighted by molar-refractivity contribution is 5.37. The molecule has 11 heteroatoms. The molecular weight excluding hydrogens is 528 g/mol. The highest BCUT2D eigenvalue weighted by Gasteiger charge is 2.62. The van der Waals surface area contributed by atoms with E-state index in [-0.39, 0.29) is 42.4 Å². The van der Waals surface area contributed by atoms with Crippen LogP contribution in [-0.4, -0.2) is 62.3 Å². The molecule has 0 saturated heterocycles. The number of nitrogens with two attached hydrogens (primary N) is 1. The molecule has 1 aromatic rings. The first kappa shape index (κ1) is 35.4. The summed E-state index contributed by atoms with van der Waals surface area (Å²) in [6.07, 6.45) is 3.23. The minimum Gasteiger partial charge on any atom is -0.483 e. The van der Waals surface area contributed by atoms with E-state index >= 15 is 0 Å². The van der Waals surface area contributed by atoms with Gasteiger partial charge in [-0.15, -0.1) is 0 Å². The summed E-state index contributed by atoms with van der Waals surface area (Å²) in [6.45, 7) is 9.41. The number of carbonyl (C=O) groups is 3. The molecule has 3 N–H and O–H groups in total. The average Bonchev–Trinajstić information content (AvgIpc) is 3.42. The first-order chi connectivity index (χ1) is 19.0. The van der Waals surface area contributed by atoms with Gasteiger partial charge in [0.2, 0.25) is 0 Å². The predicted molar refractivity (Wildman–Crippen MR) is 144 cm³/mol. The van der Waals surface area contributed by atoms with Crippen LogP contribution in [0, 0.1) is 35.4 Å². The number of halogens is 2. The Balaban J connectivity index is 0.000000309. The van der Waals surface area contributed by atoms with Crippen molar-refractivity contribution in [3.8, 4) is 0 Å². The van der Waals surface area contributed by atoms with Crippen molar-refractivity contribution in [2.45, 2.75) is 90.7 Å². The van der Waals surface area contributed by atoms with Gasteiger partial charge in [0.1, 0.15) is 18.1 Å². The maximum Gasteiger partial charge on any atom is 0.295 e. The van der Waals surface area contributed by atoms with Gasteiger partial charge in [0.25, 0.3) is 19.4 Å². The number of benzene rings is 1. The molecule has 4 rings (SSSR count). The lowest BCUT2D eigenvalue weighted by molar-refractivity contribution is -0.153. The van der Waals surface area contributed by atoms with Crippen molar-refractivity contribution >= 4 is 19.4 Å². The number of methoxy groups -OCH3 is 1. The van der Waals surface area contributed by atoms with E-state index in [9.17, 15) is 18.4 Å². The van der Waals surface area contributed by atoms with Crippen LogP contribution < -0.4 is 5.73 Å². The summed E-state index contributed by atoms with van der Waals surface area (Å²) in [4.78, 5) is 28.2. The topological polar surface area (TPSA) is 134 Å². The second-order valence-corrected chi connectivity index (χ2v) is 10.7. The first-order valence-corrected chi connectivity index (χ1v) is 13.6. The molecule has 40 heavy (non-hydrogen) atoms. The number of carboxylic acid groups (broad SMARTS) is 1. The van der Waals surface area contributed by atoms with E-state index in [1.165, 1.54) is 32.1 Å². The zero-order valence-corrected chi connectivity index (χ0v) is 24.0. The molecule has 3 saturated carbocycles. The SMILES string of the molecule is CC1CC[C@H](C(C)C)C(OC=O)C1.COC(C)OC=O.NC1[C@@H]2C(F)[C@@H]2C[C@H]1OCc1ccc(F)cc1.O=CO. The third kappa shape index (κ3) is 11.9. The second-order valence-electron chi connectivity index (χ2n) is 10.7. The van der Waals surface area contributed by atoms with E-state index in [4.69, 9.17) is 25.1 Å². The Hall–Kier alpha value is -2.63. The van der Waals surface area contributed by atoms with Crippen LogP contribution in [0.3, 0.4) is 0 Å². The van der Waals surface area contributed by atoms with Gasteiger partial charge < -0.3 is 29.8 Å². The van der Waals surface area contributed by atoms with E-state index in [1.807, 2.05) is 0 Å². The van der Waals surface area contributed by atoms with Crippen LogP contribution in [0.15, 0.2) is 24.3 Å². The Morgan fingerprint density at radius 1 is 1.05 bits per heavy atom. The zero-order valence-electron chi connectivity index (χ0n) is 24.0. The number of fused-ring (bicyclic) bond motifs is 1. The minimum absolute atomic E-state index is 0.00761. The van der Waals surface area contributed by atoms with Gasteiger partial charge in [-0.3, -0.25) is 14.4 Å². The molecule has 0 spiro atoms. The maximum atomic E-state index is 13.1. The smallest absolute Gasteiger partial charge is 0.295 e. The zero-order chi connectivity index (χ0) is 30.2. The van der Waals surface area contributed by atoms with Crippen LogP contribution in [-0.2, 0) is 39.9 Å². The van der Waals surface area contributed by atoms with Crippen molar-refractivity contribution in [1.29, 1.82) is 0 Å². The molecule has 1 aromatic carbocycles. The highest BCUT2D eigenvalue weighted by atomic mass is 19.1. The van der Waals surface area contributed by atoms with Gasteiger partial charge in [-0.05, 0) is 61.6 Å². The molecule has 228 valence electrons. The Bertz CT molecular complexity index is 859. The van der Waals surface area contributed by atoms with Gasteiger partial charge in [-0.25, -0.2) is 8.78 Å². The largest absolute Gasteiger partial charge is 0.483 e. The van der Waals surface area contributed by atoms with Crippen molar-refractivity contribution < 1.29 is 47.2 Å². The summed E-state index contributed by atoms with van der Waals surface area (Å²) in [5.41, 5.74) is 6.83. The number of alkyl halides is 1. The van der Waals surface area contributed by atoms with Gasteiger partial charge in [0, 0.05) is 25.0 Å². The Kier molecular flexibility index (Phi) is 16.5. The summed E-state index contributed by atoms with van der Waals surface area (Å²) in [6, 6.07) is 6.00. The predicted octanol–water partition coefficient (Wildman–Crippen LogP) is 4.50. The molecule has 0 radical (unpaired) electrons. The van der Waals surface area contributed by atoms with Crippen molar-refractivity contribution in [1.82, 2.24) is 0 Å². The van der Waals surface area contributed by atoms with E-state index in [2.05, 4.69) is 30.2 Å². The lowest BCUT2D eigenvalue weighted by atomic mass is 9.75. The lowest BCUT2D eigenvalue weighted by Crippen LogP contribution is -2.36. The maximum absolute atomic E-state index is 13.1. The molecule has 9 atom stereocenters. The molecule has 0 amide bonds. The molecule has 0 bridgehead atoms. The van der Waals surface area contributed by atoms with Crippen LogP contribution in [0.5, 0.6) is 0 Å². The second kappa shape index (κ2) is 18.7. The molecule has 3 aliphatic rings. The molecule has 0 heterocycles. The van der Waals surface area contributed by atoms with Crippen molar-refractivity contribution in [3.05, 3.63) is 35.6 Å².